The number of anilines is 3. The Balaban J connectivity index is 1.90. The van der Waals surface area contributed by atoms with E-state index in [1.54, 1.807) is 19.2 Å². The molecule has 4 N–H and O–H groups in total. The highest BCUT2D eigenvalue weighted by Gasteiger charge is 2.18. The number of carbonyl (C=O) groups is 1. The second kappa shape index (κ2) is 5.82. The summed E-state index contributed by atoms with van der Waals surface area (Å²) < 4.78 is 7.02. The van der Waals surface area contributed by atoms with Gasteiger partial charge in [0.1, 0.15) is 23.8 Å². The van der Waals surface area contributed by atoms with E-state index in [1.807, 2.05) is 0 Å². The fraction of sp³-hybridized carbons (Fsp3) is 0.200. The second-order valence-electron chi connectivity index (χ2n) is 5.32. The van der Waals surface area contributed by atoms with Crippen molar-refractivity contribution in [1.82, 2.24) is 24.9 Å². The predicted molar refractivity (Wildman–Crippen MR) is 89.5 cm³/mol. The first kappa shape index (κ1) is 15.0. The topological polar surface area (TPSA) is 126 Å². The van der Waals surface area contributed by atoms with Crippen molar-refractivity contribution < 1.29 is 14.6 Å². The van der Waals surface area contributed by atoms with Crippen LogP contribution in [0.4, 0.5) is 17.5 Å². The maximum atomic E-state index is 12.4. The molecule has 0 aliphatic carbocycles. The molecule has 0 spiro atoms. The van der Waals surface area contributed by atoms with Crippen molar-refractivity contribution in [2.45, 2.75) is 0 Å². The van der Waals surface area contributed by atoms with E-state index in [0.29, 0.717) is 35.3 Å². The normalized spacial score (nSPS) is 13.9. The predicted octanol–water partition coefficient (Wildman–Crippen LogP) is 0.737. The lowest BCUT2D eigenvalue weighted by molar-refractivity contribution is 0.0948. The fourth-order valence-electron chi connectivity index (χ4n) is 2.51. The van der Waals surface area contributed by atoms with Gasteiger partial charge in [-0.15, -0.1) is 0 Å². The molecular formula is C15H15N7O3. The van der Waals surface area contributed by atoms with E-state index in [-0.39, 0.29) is 24.1 Å². The highest BCUT2D eigenvalue weighted by atomic mass is 16.5. The largest absolute Gasteiger partial charge is 0.504 e. The number of amides is 1. The summed E-state index contributed by atoms with van der Waals surface area (Å²) >= 11 is 0. The molecule has 0 radical (unpaired) electrons. The Bertz CT molecular complexity index is 969. The zero-order valence-electron chi connectivity index (χ0n) is 13.3. The molecule has 0 saturated heterocycles. The van der Waals surface area contributed by atoms with Crippen molar-refractivity contribution in [2.75, 3.05) is 30.8 Å². The van der Waals surface area contributed by atoms with E-state index < -0.39 is 0 Å². The SMILES string of the molecule is CNc1cc2nc3c(cnn13)C(=O)NCCOc1ccc(O)c(n1)N2. The smallest absolute Gasteiger partial charge is 0.256 e. The summed E-state index contributed by atoms with van der Waals surface area (Å²) in [5.41, 5.74) is 0.714. The third kappa shape index (κ3) is 2.63. The highest BCUT2D eigenvalue weighted by molar-refractivity contribution is 6.00. The van der Waals surface area contributed by atoms with Gasteiger partial charge in [-0.2, -0.15) is 14.6 Å². The zero-order valence-corrected chi connectivity index (χ0v) is 13.3. The van der Waals surface area contributed by atoms with Crippen LogP contribution >= 0.6 is 0 Å². The van der Waals surface area contributed by atoms with Gasteiger partial charge in [-0.3, -0.25) is 4.79 Å². The molecular weight excluding hydrogens is 326 g/mol. The highest BCUT2D eigenvalue weighted by Crippen LogP contribution is 2.28. The van der Waals surface area contributed by atoms with Crippen LogP contribution in [-0.4, -0.2) is 50.8 Å². The first-order valence-corrected chi connectivity index (χ1v) is 7.60. The molecule has 4 rings (SSSR count). The van der Waals surface area contributed by atoms with Crippen LogP contribution in [0.2, 0.25) is 0 Å². The van der Waals surface area contributed by atoms with Crippen molar-refractivity contribution in [1.29, 1.82) is 0 Å². The molecule has 0 aromatic carbocycles. The zero-order chi connectivity index (χ0) is 17.4. The Hall–Kier alpha value is -3.56. The van der Waals surface area contributed by atoms with Gasteiger partial charge in [0, 0.05) is 19.2 Å². The van der Waals surface area contributed by atoms with Gasteiger partial charge >= 0.3 is 0 Å². The average molecular weight is 341 g/mol. The second-order valence-corrected chi connectivity index (χ2v) is 5.32. The monoisotopic (exact) mass is 341 g/mol. The minimum atomic E-state index is -0.299. The van der Waals surface area contributed by atoms with Crippen LogP contribution < -0.4 is 20.7 Å². The molecule has 0 unspecified atom stereocenters. The van der Waals surface area contributed by atoms with Crippen LogP contribution in [0.3, 0.4) is 0 Å². The van der Waals surface area contributed by atoms with Crippen LogP contribution in [0.5, 0.6) is 11.6 Å². The number of carbonyl (C=O) groups excluding carboxylic acids is 1. The number of pyridine rings is 1. The molecule has 4 heterocycles. The Morgan fingerprint density at radius 2 is 2.24 bits per heavy atom. The van der Waals surface area contributed by atoms with Gasteiger partial charge in [0.2, 0.25) is 5.88 Å². The standard InChI is InChI=1S/C15H15N7O3/c1-16-11-6-10-19-13-9(23)2-3-12(21-13)25-5-4-17-15(24)8-7-18-22(11)14(8)20-10/h2-3,6-7,16,23H,4-5H2,1H3,(H,17,24)(H,19,20,21). The number of hydrogen-bond donors (Lipinski definition) is 4. The molecule has 4 bridgehead atoms. The summed E-state index contributed by atoms with van der Waals surface area (Å²) in [5.74, 6) is 1.20. The van der Waals surface area contributed by atoms with Gasteiger partial charge in [0.05, 0.1) is 12.7 Å². The summed E-state index contributed by atoms with van der Waals surface area (Å²) in [6, 6.07) is 4.72. The molecule has 0 fully saturated rings. The molecule has 10 heteroatoms. The lowest BCUT2D eigenvalue weighted by atomic mass is 10.3. The number of aromatic hydroxyl groups is 1. The summed E-state index contributed by atoms with van der Waals surface area (Å²) in [7, 11) is 1.73. The average Bonchev–Trinajstić information content (AvgIpc) is 3.04. The van der Waals surface area contributed by atoms with Gasteiger partial charge in [0.15, 0.2) is 17.2 Å². The molecule has 1 amide bonds. The van der Waals surface area contributed by atoms with Crippen molar-refractivity contribution >= 4 is 29.0 Å². The summed E-state index contributed by atoms with van der Waals surface area (Å²) in [6.07, 6.45) is 1.46. The van der Waals surface area contributed by atoms with E-state index in [1.165, 1.54) is 16.8 Å². The Kier molecular flexibility index (Phi) is 3.49. The Morgan fingerprint density at radius 3 is 3.08 bits per heavy atom. The van der Waals surface area contributed by atoms with E-state index in [0.717, 1.165) is 0 Å². The van der Waals surface area contributed by atoms with E-state index in [9.17, 15) is 9.90 Å². The first-order valence-electron chi connectivity index (χ1n) is 7.60. The third-order valence-corrected chi connectivity index (χ3v) is 3.71. The number of fused-ring (bicyclic) bond motifs is 3. The van der Waals surface area contributed by atoms with E-state index in [4.69, 9.17) is 4.74 Å². The number of hydrogen-bond acceptors (Lipinski definition) is 8. The summed E-state index contributed by atoms with van der Waals surface area (Å²) in [4.78, 5) is 21.0. The molecule has 1 aliphatic heterocycles. The van der Waals surface area contributed by atoms with Gasteiger partial charge < -0.3 is 25.8 Å². The van der Waals surface area contributed by atoms with E-state index in [2.05, 4.69) is 31.0 Å². The number of nitrogens with zero attached hydrogens (tertiary/aromatic N) is 4. The molecule has 0 atom stereocenters. The van der Waals surface area contributed by atoms with Crippen LogP contribution in [0.15, 0.2) is 24.4 Å². The number of ether oxygens (including phenoxy) is 1. The lowest BCUT2D eigenvalue weighted by Gasteiger charge is -2.11. The fourth-order valence-corrected chi connectivity index (χ4v) is 2.51. The summed E-state index contributed by atoms with van der Waals surface area (Å²) in [6.45, 7) is 0.528. The first-order chi connectivity index (χ1) is 12.2. The maximum Gasteiger partial charge on any atom is 0.256 e. The van der Waals surface area contributed by atoms with Crippen LogP contribution in [-0.2, 0) is 0 Å². The molecule has 128 valence electrons. The minimum Gasteiger partial charge on any atom is -0.504 e. The molecule has 25 heavy (non-hydrogen) atoms. The molecule has 3 aromatic heterocycles. The minimum absolute atomic E-state index is 0.0437. The summed E-state index contributed by atoms with van der Waals surface area (Å²) in [5, 5.41) is 22.9. The van der Waals surface area contributed by atoms with Crippen LogP contribution in [0.25, 0.3) is 5.65 Å². The molecule has 10 nitrogen and oxygen atoms in total. The van der Waals surface area contributed by atoms with Crippen molar-refractivity contribution in [3.05, 3.63) is 30.0 Å². The molecule has 1 aliphatic rings. The van der Waals surface area contributed by atoms with Gasteiger partial charge in [-0.05, 0) is 6.07 Å². The molecule has 3 aromatic rings. The quantitative estimate of drug-likeness (QED) is 0.510. The van der Waals surface area contributed by atoms with Crippen LogP contribution in [0.1, 0.15) is 10.4 Å². The van der Waals surface area contributed by atoms with Crippen molar-refractivity contribution in [3.63, 3.8) is 0 Å². The maximum absolute atomic E-state index is 12.4. The number of nitrogens with one attached hydrogen (secondary N) is 3. The Labute approximate surface area is 141 Å². The van der Waals surface area contributed by atoms with E-state index >= 15 is 0 Å². The lowest BCUT2D eigenvalue weighted by Crippen LogP contribution is -2.28. The van der Waals surface area contributed by atoms with Crippen molar-refractivity contribution in [2.24, 2.45) is 0 Å². The number of aromatic nitrogens is 4. The Morgan fingerprint density at radius 1 is 1.36 bits per heavy atom. The van der Waals surface area contributed by atoms with Crippen molar-refractivity contribution in [3.8, 4) is 11.6 Å². The van der Waals surface area contributed by atoms with Crippen LogP contribution in [0, 0.1) is 0 Å². The van der Waals surface area contributed by atoms with Gasteiger partial charge in [-0.1, -0.05) is 0 Å². The van der Waals surface area contributed by atoms with Gasteiger partial charge in [-0.25, -0.2) is 4.98 Å². The number of rotatable bonds is 1. The molecule has 0 saturated carbocycles. The third-order valence-electron chi connectivity index (χ3n) is 3.71. The van der Waals surface area contributed by atoms with Gasteiger partial charge in [0.25, 0.3) is 5.91 Å².